The Hall–Kier alpha value is -3.83. The number of hydrogen-bond donors (Lipinski definition) is 1. The average molecular weight is 501 g/mol. The maximum Gasteiger partial charge on any atom is 0.435 e. The van der Waals surface area contributed by atoms with Gasteiger partial charge in [-0.15, -0.1) is 0 Å². The van der Waals surface area contributed by atoms with E-state index in [2.05, 4.69) is 25.4 Å². The number of fused-ring (bicyclic) bond motifs is 1. The third-order valence-electron chi connectivity index (χ3n) is 6.46. The third-order valence-corrected chi connectivity index (χ3v) is 6.46. The number of carbonyl (C=O) groups excluding carboxylic acids is 1. The molecule has 1 aromatic carbocycles. The Kier molecular flexibility index (Phi) is 5.97. The van der Waals surface area contributed by atoms with E-state index in [-0.39, 0.29) is 28.9 Å². The van der Waals surface area contributed by atoms with Gasteiger partial charge >= 0.3 is 6.18 Å². The van der Waals surface area contributed by atoms with E-state index in [1.54, 1.807) is 0 Å². The molecule has 1 fully saturated rings. The molecule has 188 valence electrons. The maximum atomic E-state index is 14.4. The van der Waals surface area contributed by atoms with Gasteiger partial charge in [0.15, 0.2) is 17.0 Å². The van der Waals surface area contributed by atoms with Crippen molar-refractivity contribution in [3.8, 4) is 11.1 Å². The summed E-state index contributed by atoms with van der Waals surface area (Å²) in [4.78, 5) is 26.0. The van der Waals surface area contributed by atoms with E-state index in [4.69, 9.17) is 0 Å². The molecule has 12 heteroatoms. The summed E-state index contributed by atoms with van der Waals surface area (Å²) in [5, 5.41) is 6.17. The van der Waals surface area contributed by atoms with Crippen LogP contribution in [-0.2, 0) is 26.8 Å². The van der Waals surface area contributed by atoms with Gasteiger partial charge in [0, 0.05) is 38.3 Å². The van der Waals surface area contributed by atoms with Crippen molar-refractivity contribution < 1.29 is 22.4 Å². The summed E-state index contributed by atoms with van der Waals surface area (Å²) in [6, 6.07) is 3.56. The molecule has 0 radical (unpaired) electrons. The number of benzene rings is 1. The monoisotopic (exact) mass is 501 g/mol. The first-order chi connectivity index (χ1) is 17.1. The Morgan fingerprint density at radius 1 is 1.14 bits per heavy atom. The van der Waals surface area contributed by atoms with E-state index in [1.165, 1.54) is 25.6 Å². The van der Waals surface area contributed by atoms with Gasteiger partial charge < -0.3 is 9.88 Å². The second kappa shape index (κ2) is 8.99. The molecule has 1 aliphatic carbocycles. The highest BCUT2D eigenvalue weighted by Gasteiger charge is 2.37. The molecule has 0 unspecified atom stereocenters. The van der Waals surface area contributed by atoms with Crippen LogP contribution in [0.2, 0.25) is 0 Å². The Bertz CT molecular complexity index is 1450. The fourth-order valence-corrected chi connectivity index (χ4v) is 4.86. The summed E-state index contributed by atoms with van der Waals surface area (Å²) < 4.78 is 57.4. The molecule has 3 heterocycles. The van der Waals surface area contributed by atoms with Crippen molar-refractivity contribution in [2.24, 2.45) is 14.1 Å². The van der Waals surface area contributed by atoms with Crippen LogP contribution in [0.1, 0.15) is 59.2 Å². The summed E-state index contributed by atoms with van der Waals surface area (Å²) in [5.41, 5.74) is -0.00489. The highest BCUT2D eigenvalue weighted by Crippen LogP contribution is 2.37. The largest absolute Gasteiger partial charge is 0.435 e. The summed E-state index contributed by atoms with van der Waals surface area (Å²) in [6.07, 6.45) is 2.07. The van der Waals surface area contributed by atoms with E-state index in [0.717, 1.165) is 48.3 Å². The van der Waals surface area contributed by atoms with E-state index in [1.807, 2.05) is 11.6 Å². The predicted molar refractivity (Wildman–Crippen MR) is 122 cm³/mol. The van der Waals surface area contributed by atoms with Crippen LogP contribution in [0.15, 0.2) is 30.7 Å². The number of aromatic nitrogens is 6. The minimum Gasteiger partial charge on any atom is -0.347 e. The third kappa shape index (κ3) is 4.42. The second-order valence-corrected chi connectivity index (χ2v) is 9.00. The molecule has 0 bridgehead atoms. The molecule has 1 aliphatic rings. The van der Waals surface area contributed by atoms with Crippen molar-refractivity contribution >= 4 is 17.1 Å². The van der Waals surface area contributed by atoms with Gasteiger partial charge in [-0.2, -0.15) is 18.3 Å². The number of nitrogens with one attached hydrogen (secondary N) is 1. The molecule has 4 aromatic rings. The Balaban J connectivity index is 1.41. The molecular formula is C24H23F4N7O. The fourth-order valence-electron chi connectivity index (χ4n) is 4.86. The number of hydrogen-bond acceptors (Lipinski definition) is 5. The van der Waals surface area contributed by atoms with Gasteiger partial charge in [0.2, 0.25) is 0 Å². The quantitative estimate of drug-likeness (QED) is 0.407. The molecule has 3 aromatic heterocycles. The molecule has 0 saturated heterocycles. The highest BCUT2D eigenvalue weighted by molar-refractivity contribution is 6.02. The van der Waals surface area contributed by atoms with Crippen LogP contribution in [0, 0.1) is 5.82 Å². The Morgan fingerprint density at radius 3 is 2.61 bits per heavy atom. The van der Waals surface area contributed by atoms with Crippen molar-refractivity contribution in [1.82, 2.24) is 34.6 Å². The standard InChI is InChI=1S/C24H23F4N7O/c1-34-11-17(20(33-34)24(26,27)28)15-7-13(8-16(25)9-15)10-29-23(36)18-19-21(31-12-30-18)32-22(35(19)2)14-5-3-4-6-14/h7-9,11-12,14H,3-6,10H2,1-2H3,(H,29,36). The number of carbonyl (C=O) groups is 1. The lowest BCUT2D eigenvalue weighted by Crippen LogP contribution is -2.25. The molecule has 1 saturated carbocycles. The first-order valence-electron chi connectivity index (χ1n) is 11.5. The summed E-state index contributed by atoms with van der Waals surface area (Å²) in [6.45, 7) is -0.121. The zero-order chi connectivity index (χ0) is 25.6. The lowest BCUT2D eigenvalue weighted by molar-refractivity contribution is -0.140. The van der Waals surface area contributed by atoms with Crippen molar-refractivity contribution in [3.63, 3.8) is 0 Å². The van der Waals surface area contributed by atoms with Gasteiger partial charge in [0.1, 0.15) is 23.5 Å². The molecule has 1 N–H and O–H groups in total. The average Bonchev–Trinajstić information content (AvgIpc) is 3.56. The van der Waals surface area contributed by atoms with Crippen LogP contribution in [-0.4, -0.2) is 35.2 Å². The van der Waals surface area contributed by atoms with Crippen molar-refractivity contribution in [3.05, 3.63) is 59.3 Å². The number of aryl methyl sites for hydroxylation is 2. The first-order valence-corrected chi connectivity index (χ1v) is 11.5. The zero-order valence-corrected chi connectivity index (χ0v) is 19.6. The summed E-state index contributed by atoms with van der Waals surface area (Å²) >= 11 is 0. The molecule has 0 spiro atoms. The van der Waals surface area contributed by atoms with Gasteiger partial charge in [-0.3, -0.25) is 9.48 Å². The van der Waals surface area contributed by atoms with E-state index >= 15 is 0 Å². The van der Waals surface area contributed by atoms with Crippen molar-refractivity contribution in [2.45, 2.75) is 44.3 Å². The molecule has 8 nitrogen and oxygen atoms in total. The number of rotatable bonds is 5. The minimum absolute atomic E-state index is 0.0111. The van der Waals surface area contributed by atoms with Crippen LogP contribution in [0.4, 0.5) is 17.6 Å². The lowest BCUT2D eigenvalue weighted by atomic mass is 10.0. The number of imidazole rings is 1. The summed E-state index contributed by atoms with van der Waals surface area (Å²) in [7, 11) is 3.19. The van der Waals surface area contributed by atoms with Crippen molar-refractivity contribution in [1.29, 1.82) is 0 Å². The van der Waals surface area contributed by atoms with E-state index < -0.39 is 23.6 Å². The topological polar surface area (TPSA) is 90.5 Å². The van der Waals surface area contributed by atoms with E-state index in [0.29, 0.717) is 17.1 Å². The second-order valence-electron chi connectivity index (χ2n) is 9.00. The molecule has 36 heavy (non-hydrogen) atoms. The SMILES string of the molecule is Cn1cc(-c2cc(F)cc(CNC(=O)c3ncnc4nc(C5CCCC5)n(C)c34)c2)c(C(F)(F)F)n1. The molecular weight excluding hydrogens is 478 g/mol. The highest BCUT2D eigenvalue weighted by atomic mass is 19.4. The Labute approximate surface area is 203 Å². The summed E-state index contributed by atoms with van der Waals surface area (Å²) in [5.74, 6) is -0.0822. The minimum atomic E-state index is -4.70. The van der Waals surface area contributed by atoms with Gasteiger partial charge in [-0.05, 0) is 42.2 Å². The number of nitrogens with zero attached hydrogens (tertiary/aromatic N) is 6. The number of halogens is 4. The zero-order valence-electron chi connectivity index (χ0n) is 19.6. The molecule has 5 rings (SSSR count). The van der Waals surface area contributed by atoms with Crippen LogP contribution in [0.25, 0.3) is 22.3 Å². The molecule has 0 aliphatic heterocycles. The smallest absolute Gasteiger partial charge is 0.347 e. The normalized spacial score (nSPS) is 14.6. The van der Waals surface area contributed by atoms with Crippen LogP contribution in [0.5, 0.6) is 0 Å². The first kappa shape index (κ1) is 23.9. The van der Waals surface area contributed by atoms with E-state index in [9.17, 15) is 22.4 Å². The van der Waals surface area contributed by atoms with Gasteiger partial charge in [0.05, 0.1) is 0 Å². The van der Waals surface area contributed by atoms with Gasteiger partial charge in [-0.25, -0.2) is 19.3 Å². The molecule has 0 atom stereocenters. The van der Waals surface area contributed by atoms with Crippen LogP contribution in [0.3, 0.4) is 0 Å². The fraction of sp³-hybridized carbons (Fsp3) is 0.375. The Morgan fingerprint density at radius 2 is 1.89 bits per heavy atom. The van der Waals surface area contributed by atoms with Crippen LogP contribution < -0.4 is 5.32 Å². The van der Waals surface area contributed by atoms with Crippen molar-refractivity contribution in [2.75, 3.05) is 0 Å². The van der Waals surface area contributed by atoms with Crippen LogP contribution >= 0.6 is 0 Å². The van der Waals surface area contributed by atoms with Gasteiger partial charge in [0.25, 0.3) is 5.91 Å². The molecule has 1 amide bonds. The number of amides is 1. The lowest BCUT2D eigenvalue weighted by Gasteiger charge is -2.11. The number of alkyl halides is 3. The maximum absolute atomic E-state index is 14.4. The predicted octanol–water partition coefficient (Wildman–Crippen LogP) is 4.51. The van der Waals surface area contributed by atoms with Gasteiger partial charge in [-0.1, -0.05) is 12.8 Å².